The van der Waals surface area contributed by atoms with Crippen molar-refractivity contribution in [1.29, 1.82) is 0 Å². The molecule has 1 heterocycles. The molecule has 102 valence electrons. The van der Waals surface area contributed by atoms with Gasteiger partial charge < -0.3 is 20.5 Å². The first-order valence-corrected chi connectivity index (χ1v) is 6.24. The number of nitrogens with one attached hydrogen (secondary N) is 2. The average Bonchev–Trinajstić information content (AvgIpc) is 2.36. The van der Waals surface area contributed by atoms with Gasteiger partial charge in [0.05, 0.1) is 12.7 Å². The summed E-state index contributed by atoms with van der Waals surface area (Å²) in [5.41, 5.74) is 0. The van der Waals surface area contributed by atoms with E-state index in [1.54, 1.807) is 0 Å². The van der Waals surface area contributed by atoms with E-state index < -0.39 is 6.10 Å². The maximum absolute atomic E-state index is 9.48. The van der Waals surface area contributed by atoms with E-state index >= 15 is 0 Å². The molecule has 3 N–H and O–H groups in total. The molecule has 0 aliphatic rings. The Morgan fingerprint density at radius 3 is 2.33 bits per heavy atom. The van der Waals surface area contributed by atoms with Crippen LogP contribution in [0.1, 0.15) is 27.2 Å². The van der Waals surface area contributed by atoms with Crippen LogP contribution in [0.5, 0.6) is 6.01 Å². The molecule has 1 aromatic heterocycles. The molecule has 0 aliphatic carbocycles. The van der Waals surface area contributed by atoms with Crippen molar-refractivity contribution >= 4 is 11.9 Å². The Balaban J connectivity index is 2.75. The second kappa shape index (κ2) is 7.65. The molecular formula is C11H21N5O2. The Morgan fingerprint density at radius 2 is 1.78 bits per heavy atom. The van der Waals surface area contributed by atoms with E-state index in [2.05, 4.69) is 25.6 Å². The van der Waals surface area contributed by atoms with E-state index in [0.717, 1.165) is 0 Å². The van der Waals surface area contributed by atoms with Crippen LogP contribution in [0.15, 0.2) is 0 Å². The second-order valence-corrected chi connectivity index (χ2v) is 3.67. The zero-order valence-electron chi connectivity index (χ0n) is 11.1. The van der Waals surface area contributed by atoms with Crippen LogP contribution in [0.25, 0.3) is 0 Å². The lowest BCUT2D eigenvalue weighted by Gasteiger charge is -2.11. The van der Waals surface area contributed by atoms with E-state index in [9.17, 15) is 5.11 Å². The maximum atomic E-state index is 9.48. The van der Waals surface area contributed by atoms with Crippen LogP contribution in [0, 0.1) is 0 Å². The van der Waals surface area contributed by atoms with Gasteiger partial charge in [0.1, 0.15) is 0 Å². The number of aliphatic hydroxyl groups excluding tert-OH is 1. The van der Waals surface area contributed by atoms with Gasteiger partial charge in [-0.1, -0.05) is 6.92 Å². The molecule has 1 aromatic rings. The Hall–Kier alpha value is -1.63. The summed E-state index contributed by atoms with van der Waals surface area (Å²) >= 11 is 0. The van der Waals surface area contributed by atoms with Gasteiger partial charge in [-0.2, -0.15) is 15.0 Å². The Labute approximate surface area is 107 Å². The molecule has 18 heavy (non-hydrogen) atoms. The van der Waals surface area contributed by atoms with Gasteiger partial charge in [0.2, 0.25) is 11.9 Å². The van der Waals surface area contributed by atoms with Crippen molar-refractivity contribution in [2.75, 3.05) is 30.3 Å². The molecule has 0 radical (unpaired) electrons. The van der Waals surface area contributed by atoms with E-state index in [0.29, 0.717) is 38.0 Å². The number of aliphatic hydroxyl groups is 1. The molecule has 0 fully saturated rings. The molecule has 0 saturated heterocycles. The summed E-state index contributed by atoms with van der Waals surface area (Å²) in [7, 11) is 0. The lowest BCUT2D eigenvalue weighted by atomic mass is 10.3. The van der Waals surface area contributed by atoms with Crippen molar-refractivity contribution in [1.82, 2.24) is 15.0 Å². The van der Waals surface area contributed by atoms with Crippen LogP contribution in [0.4, 0.5) is 11.9 Å². The molecule has 0 aliphatic heterocycles. The van der Waals surface area contributed by atoms with Gasteiger partial charge in [-0.05, 0) is 20.3 Å². The third-order valence-corrected chi connectivity index (χ3v) is 2.19. The first-order chi connectivity index (χ1) is 8.69. The number of nitrogens with zero attached hydrogens (tertiary/aromatic N) is 3. The van der Waals surface area contributed by atoms with Crippen LogP contribution in [-0.2, 0) is 0 Å². The van der Waals surface area contributed by atoms with Gasteiger partial charge in [-0.3, -0.25) is 0 Å². The van der Waals surface area contributed by atoms with Crippen LogP contribution >= 0.6 is 0 Å². The minimum Gasteiger partial charge on any atom is -0.464 e. The Bertz CT molecular complexity index is 337. The fourth-order valence-corrected chi connectivity index (χ4v) is 1.22. The first-order valence-electron chi connectivity index (χ1n) is 6.24. The molecule has 0 saturated carbocycles. The summed E-state index contributed by atoms with van der Waals surface area (Å²) in [6, 6.07) is 0.275. The SMILES string of the molecule is CCNc1nc(NCC(O)CC)nc(OCC)n1. The normalized spacial score (nSPS) is 12.0. The molecule has 1 atom stereocenters. The highest BCUT2D eigenvalue weighted by Gasteiger charge is 2.08. The van der Waals surface area contributed by atoms with E-state index in [1.807, 2.05) is 20.8 Å². The quantitative estimate of drug-likeness (QED) is 0.635. The fourth-order valence-electron chi connectivity index (χ4n) is 1.22. The van der Waals surface area contributed by atoms with Gasteiger partial charge >= 0.3 is 6.01 Å². The van der Waals surface area contributed by atoms with Crippen molar-refractivity contribution in [3.8, 4) is 6.01 Å². The highest BCUT2D eigenvalue weighted by atomic mass is 16.5. The van der Waals surface area contributed by atoms with Gasteiger partial charge in [0.25, 0.3) is 0 Å². The number of ether oxygens (including phenoxy) is 1. The maximum Gasteiger partial charge on any atom is 0.323 e. The number of hydrogen-bond acceptors (Lipinski definition) is 7. The number of anilines is 2. The second-order valence-electron chi connectivity index (χ2n) is 3.67. The molecule has 0 aromatic carbocycles. The van der Waals surface area contributed by atoms with E-state index in [-0.39, 0.29) is 6.01 Å². The van der Waals surface area contributed by atoms with Crippen molar-refractivity contribution in [3.05, 3.63) is 0 Å². The van der Waals surface area contributed by atoms with Crippen molar-refractivity contribution in [2.24, 2.45) is 0 Å². The van der Waals surface area contributed by atoms with Gasteiger partial charge in [-0.25, -0.2) is 0 Å². The summed E-state index contributed by atoms with van der Waals surface area (Å²) in [6.07, 6.45) is 0.260. The highest BCUT2D eigenvalue weighted by molar-refractivity contribution is 5.35. The van der Waals surface area contributed by atoms with Gasteiger partial charge in [-0.15, -0.1) is 0 Å². The van der Waals surface area contributed by atoms with Gasteiger partial charge in [0, 0.05) is 13.1 Å². The molecule has 1 rings (SSSR count). The third kappa shape index (κ3) is 4.70. The first kappa shape index (κ1) is 14.4. The highest BCUT2D eigenvalue weighted by Crippen LogP contribution is 2.11. The minimum atomic E-state index is -0.417. The summed E-state index contributed by atoms with van der Waals surface area (Å²) in [5, 5.41) is 15.4. The summed E-state index contributed by atoms with van der Waals surface area (Å²) in [6.45, 7) is 7.34. The number of rotatable bonds is 8. The number of hydrogen-bond donors (Lipinski definition) is 3. The topological polar surface area (TPSA) is 92.2 Å². The predicted octanol–water partition coefficient (Wildman–Crippen LogP) is 0.885. The van der Waals surface area contributed by atoms with Crippen LogP contribution < -0.4 is 15.4 Å². The number of aromatic nitrogens is 3. The molecule has 0 bridgehead atoms. The summed E-state index contributed by atoms with van der Waals surface area (Å²) in [4.78, 5) is 12.4. The van der Waals surface area contributed by atoms with Crippen LogP contribution in [0.3, 0.4) is 0 Å². The smallest absolute Gasteiger partial charge is 0.323 e. The summed E-state index contributed by atoms with van der Waals surface area (Å²) in [5.74, 6) is 0.862. The molecule has 1 unspecified atom stereocenters. The molecule has 7 nitrogen and oxygen atoms in total. The third-order valence-electron chi connectivity index (χ3n) is 2.19. The van der Waals surface area contributed by atoms with Crippen molar-refractivity contribution in [2.45, 2.75) is 33.3 Å². The van der Waals surface area contributed by atoms with Crippen LogP contribution in [-0.4, -0.2) is 45.9 Å². The van der Waals surface area contributed by atoms with Crippen molar-refractivity contribution < 1.29 is 9.84 Å². The van der Waals surface area contributed by atoms with E-state index in [1.165, 1.54) is 0 Å². The van der Waals surface area contributed by atoms with Crippen molar-refractivity contribution in [3.63, 3.8) is 0 Å². The molecule has 7 heteroatoms. The van der Waals surface area contributed by atoms with E-state index in [4.69, 9.17) is 4.74 Å². The average molecular weight is 255 g/mol. The molecule has 0 spiro atoms. The predicted molar refractivity (Wildman–Crippen MR) is 69.9 cm³/mol. The largest absolute Gasteiger partial charge is 0.464 e. The zero-order chi connectivity index (χ0) is 13.4. The Kier molecular flexibility index (Phi) is 6.13. The minimum absolute atomic E-state index is 0.275. The zero-order valence-corrected chi connectivity index (χ0v) is 11.1. The monoisotopic (exact) mass is 255 g/mol. The summed E-state index contributed by atoms with van der Waals surface area (Å²) < 4.78 is 5.26. The van der Waals surface area contributed by atoms with Gasteiger partial charge in [0.15, 0.2) is 0 Å². The fraction of sp³-hybridized carbons (Fsp3) is 0.727. The standard InChI is InChI=1S/C11H21N5O2/c1-4-8(17)7-13-10-14-9(12-5-2)15-11(16-10)18-6-3/h8,17H,4-7H2,1-3H3,(H2,12,13,14,15,16). The Morgan fingerprint density at radius 1 is 1.11 bits per heavy atom. The van der Waals surface area contributed by atoms with Crippen LogP contribution in [0.2, 0.25) is 0 Å². The lowest BCUT2D eigenvalue weighted by molar-refractivity contribution is 0.183. The molecular weight excluding hydrogens is 234 g/mol. The lowest BCUT2D eigenvalue weighted by Crippen LogP contribution is -2.20. The molecule has 0 amide bonds.